The van der Waals surface area contributed by atoms with Gasteiger partial charge in [-0.1, -0.05) is 6.07 Å². The van der Waals surface area contributed by atoms with Crippen LogP contribution in [-0.2, 0) is 9.59 Å². The number of pyridine rings is 2. The highest BCUT2D eigenvalue weighted by atomic mass is 16.5. The number of hydrogen-bond acceptors (Lipinski definition) is 11. The largest absolute Gasteiger partial charge is 0.494 e. The van der Waals surface area contributed by atoms with Crippen LogP contribution in [0.25, 0.3) is 33.8 Å². The number of fused-ring (bicyclic) bond motifs is 2. The number of rotatable bonds is 12. The van der Waals surface area contributed by atoms with Gasteiger partial charge in [0, 0.05) is 62.3 Å². The van der Waals surface area contributed by atoms with E-state index in [1.165, 1.54) is 0 Å². The Balaban J connectivity index is 0.864. The second-order valence-electron chi connectivity index (χ2n) is 12.4. The summed E-state index contributed by atoms with van der Waals surface area (Å²) in [6.07, 6.45) is 6.43. The maximum Gasteiger partial charge on any atom is 0.262 e. The van der Waals surface area contributed by atoms with Crippen LogP contribution < -0.4 is 20.3 Å². The van der Waals surface area contributed by atoms with E-state index < -0.39 is 29.7 Å². The van der Waals surface area contributed by atoms with E-state index in [0.29, 0.717) is 29.5 Å². The molecule has 2 aliphatic heterocycles. The van der Waals surface area contributed by atoms with Gasteiger partial charge in [0.05, 0.1) is 17.7 Å². The quantitative estimate of drug-likeness (QED) is 0.134. The molecule has 2 N–H and O–H groups in total. The molecule has 5 aromatic rings. The van der Waals surface area contributed by atoms with Crippen LogP contribution in [-0.4, -0.2) is 76.8 Å². The molecule has 50 heavy (non-hydrogen) atoms. The van der Waals surface area contributed by atoms with Crippen LogP contribution in [0.15, 0.2) is 77.5 Å². The molecule has 0 saturated carbocycles. The number of hydrogen-bond donors (Lipinski definition) is 2. The summed E-state index contributed by atoms with van der Waals surface area (Å²) in [4.78, 5) is 66.3. The zero-order valence-electron chi connectivity index (χ0n) is 27.6. The molecule has 7 rings (SSSR count). The van der Waals surface area contributed by atoms with Crippen LogP contribution >= 0.6 is 0 Å². The van der Waals surface area contributed by atoms with Gasteiger partial charge in [0.25, 0.3) is 11.8 Å². The molecule has 5 heterocycles. The Kier molecular flexibility index (Phi) is 8.94. The van der Waals surface area contributed by atoms with Gasteiger partial charge in [-0.05, 0) is 74.2 Å². The van der Waals surface area contributed by atoms with Crippen molar-refractivity contribution in [2.45, 2.75) is 38.1 Å². The highest BCUT2D eigenvalue weighted by molar-refractivity contribution is 6.23. The van der Waals surface area contributed by atoms with Gasteiger partial charge in [-0.25, -0.2) is 9.97 Å². The molecule has 0 spiro atoms. The van der Waals surface area contributed by atoms with Gasteiger partial charge in [-0.15, -0.1) is 0 Å². The van der Waals surface area contributed by atoms with Gasteiger partial charge in [0.1, 0.15) is 28.8 Å². The van der Waals surface area contributed by atoms with E-state index in [0.717, 1.165) is 58.9 Å². The predicted molar refractivity (Wildman–Crippen MR) is 186 cm³/mol. The number of anilines is 2. The number of ether oxygens (including phenoxy) is 1. The molecule has 0 bridgehead atoms. The molecule has 1 fully saturated rings. The number of benzene rings is 2. The van der Waals surface area contributed by atoms with Crippen molar-refractivity contribution in [1.82, 2.24) is 25.2 Å². The van der Waals surface area contributed by atoms with E-state index in [4.69, 9.17) is 9.15 Å². The third-order valence-electron chi connectivity index (χ3n) is 8.74. The van der Waals surface area contributed by atoms with Crippen LogP contribution in [0.1, 0.15) is 52.8 Å². The number of carbonyl (C=O) groups excluding carboxylic acids is 4. The van der Waals surface area contributed by atoms with Crippen molar-refractivity contribution in [1.29, 1.82) is 0 Å². The zero-order valence-corrected chi connectivity index (χ0v) is 27.6. The molecule has 1 unspecified atom stereocenters. The summed E-state index contributed by atoms with van der Waals surface area (Å²) in [5, 5.41) is 5.63. The number of aromatic nitrogens is 3. The average molecular weight is 674 g/mol. The predicted octanol–water partition coefficient (Wildman–Crippen LogP) is 5.08. The third-order valence-corrected chi connectivity index (χ3v) is 8.74. The van der Waals surface area contributed by atoms with Crippen molar-refractivity contribution < 1.29 is 28.3 Å². The summed E-state index contributed by atoms with van der Waals surface area (Å²) < 4.78 is 11.9. The van der Waals surface area contributed by atoms with E-state index in [9.17, 15) is 19.2 Å². The number of nitrogens with one attached hydrogen (secondary N) is 2. The van der Waals surface area contributed by atoms with Crippen LogP contribution in [0.4, 0.5) is 11.5 Å². The van der Waals surface area contributed by atoms with E-state index >= 15 is 0 Å². The first-order valence-electron chi connectivity index (χ1n) is 16.5. The summed E-state index contributed by atoms with van der Waals surface area (Å²) in [6, 6.07) is 17.4. The van der Waals surface area contributed by atoms with Crippen LogP contribution in [0.3, 0.4) is 0 Å². The summed E-state index contributed by atoms with van der Waals surface area (Å²) in [6.45, 7) is 1.20. The lowest BCUT2D eigenvalue weighted by Crippen LogP contribution is -2.54. The average Bonchev–Trinajstić information content (AvgIpc) is 3.65. The molecule has 0 radical (unpaired) electrons. The Labute approximate surface area is 287 Å². The Morgan fingerprint density at radius 2 is 1.70 bits per heavy atom. The SMILES string of the molecule is CN(C)c1ccc(-c2ccc(-c3nc4ccc(NCCCCCOc5ccc6c(c5)C(=O)N(C5CCC(=O)NC5=O)C6=O)cc4o3)nc2)cn1. The molecule has 1 atom stereocenters. The molecule has 3 aromatic heterocycles. The van der Waals surface area contributed by atoms with Crippen LogP contribution in [0.2, 0.25) is 0 Å². The normalized spacial score (nSPS) is 15.7. The molecule has 1 saturated heterocycles. The lowest BCUT2D eigenvalue weighted by molar-refractivity contribution is -0.136. The molecule has 4 amide bonds. The van der Waals surface area contributed by atoms with Gasteiger partial charge in [-0.2, -0.15) is 0 Å². The third kappa shape index (κ3) is 6.62. The summed E-state index contributed by atoms with van der Waals surface area (Å²) >= 11 is 0. The van der Waals surface area contributed by atoms with E-state index in [1.807, 2.05) is 67.7 Å². The first-order chi connectivity index (χ1) is 24.2. The summed E-state index contributed by atoms with van der Waals surface area (Å²) in [5.41, 5.74) is 5.35. The van der Waals surface area contributed by atoms with Crippen molar-refractivity contribution >= 4 is 46.2 Å². The minimum absolute atomic E-state index is 0.0754. The number of carbonyl (C=O) groups is 4. The van der Waals surface area contributed by atoms with Gasteiger partial charge in [0.15, 0.2) is 5.58 Å². The van der Waals surface area contributed by atoms with Crippen LogP contribution in [0, 0.1) is 0 Å². The number of oxazole rings is 1. The lowest BCUT2D eigenvalue weighted by Gasteiger charge is -2.27. The maximum atomic E-state index is 13.0. The molecule has 2 aliphatic rings. The van der Waals surface area contributed by atoms with Gasteiger partial charge < -0.3 is 19.4 Å². The molecule has 0 aliphatic carbocycles. The lowest BCUT2D eigenvalue weighted by atomic mass is 10.0. The van der Waals surface area contributed by atoms with Crippen molar-refractivity contribution in [3.8, 4) is 28.5 Å². The molecule has 13 heteroatoms. The minimum atomic E-state index is -0.995. The standard InChI is InChI=1S/C37H35N7O6/c1-43(2)32-14-7-23(21-40-32)22-6-11-29(39-20-22)35-41-28-12-8-24(18-31(28)50-35)38-16-4-3-5-17-49-25-9-10-26-27(19-25)37(48)44(36(26)47)30-13-15-33(45)42-34(30)46/h6-12,14,18-21,30,38H,3-5,13,15-17H2,1-2H3,(H,42,45,46). The highest BCUT2D eigenvalue weighted by Crippen LogP contribution is 2.31. The second kappa shape index (κ2) is 13.8. The Hall–Kier alpha value is -6.11. The first-order valence-corrected chi connectivity index (χ1v) is 16.5. The van der Waals surface area contributed by atoms with Gasteiger partial charge in [-0.3, -0.25) is 34.4 Å². The molecule has 13 nitrogen and oxygen atoms in total. The van der Waals surface area contributed by atoms with Gasteiger partial charge in [0.2, 0.25) is 17.7 Å². The minimum Gasteiger partial charge on any atom is -0.494 e. The zero-order chi connectivity index (χ0) is 34.8. The van der Waals surface area contributed by atoms with E-state index in [2.05, 4.69) is 25.6 Å². The van der Waals surface area contributed by atoms with Gasteiger partial charge >= 0.3 is 0 Å². The fraction of sp³-hybridized carbons (Fsp3) is 0.270. The topological polar surface area (TPSA) is 160 Å². The summed E-state index contributed by atoms with van der Waals surface area (Å²) in [5.74, 6) is -0.311. The molecular weight excluding hydrogens is 638 g/mol. The second-order valence-corrected chi connectivity index (χ2v) is 12.4. The van der Waals surface area contributed by atoms with Crippen molar-refractivity contribution in [2.75, 3.05) is 37.5 Å². The number of unbranched alkanes of at least 4 members (excludes halogenated alkanes) is 2. The Morgan fingerprint density at radius 3 is 2.44 bits per heavy atom. The number of nitrogens with zero attached hydrogens (tertiary/aromatic N) is 5. The van der Waals surface area contributed by atoms with E-state index in [-0.39, 0.29) is 24.0 Å². The number of piperidine rings is 1. The fourth-order valence-electron chi connectivity index (χ4n) is 6.02. The number of imide groups is 2. The fourth-order valence-corrected chi connectivity index (χ4v) is 6.02. The molecule has 2 aromatic carbocycles. The monoisotopic (exact) mass is 673 g/mol. The van der Waals surface area contributed by atoms with Crippen LogP contribution in [0.5, 0.6) is 5.75 Å². The van der Waals surface area contributed by atoms with Crippen molar-refractivity contribution in [3.63, 3.8) is 0 Å². The Bertz CT molecular complexity index is 2090. The molecular formula is C37H35N7O6. The maximum absolute atomic E-state index is 13.0. The highest BCUT2D eigenvalue weighted by Gasteiger charge is 2.44. The van der Waals surface area contributed by atoms with Crippen molar-refractivity contribution in [2.24, 2.45) is 0 Å². The Morgan fingerprint density at radius 1 is 0.900 bits per heavy atom. The van der Waals surface area contributed by atoms with E-state index in [1.54, 1.807) is 24.4 Å². The first kappa shape index (κ1) is 32.4. The smallest absolute Gasteiger partial charge is 0.262 e. The molecule has 254 valence electrons. The number of amides is 4. The van der Waals surface area contributed by atoms with Crippen molar-refractivity contribution in [3.05, 3.63) is 84.2 Å². The summed E-state index contributed by atoms with van der Waals surface area (Å²) in [7, 11) is 3.91.